The third-order valence-electron chi connectivity index (χ3n) is 4.09. The summed E-state index contributed by atoms with van der Waals surface area (Å²) in [4.78, 5) is 6.57. The maximum atomic E-state index is 4.61. The van der Waals surface area contributed by atoms with Crippen LogP contribution in [0.2, 0.25) is 0 Å². The predicted molar refractivity (Wildman–Crippen MR) is 116 cm³/mol. The van der Waals surface area contributed by atoms with Gasteiger partial charge < -0.3 is 10.2 Å². The zero-order valence-electron chi connectivity index (χ0n) is 15.9. The van der Waals surface area contributed by atoms with Gasteiger partial charge in [-0.3, -0.25) is 4.99 Å². The molecule has 0 atom stereocenters. The number of unbranched alkanes of at least 4 members (excludes halogenated alkanes) is 1. The van der Waals surface area contributed by atoms with Gasteiger partial charge in [-0.25, -0.2) is 4.68 Å². The third kappa shape index (κ3) is 5.73. The molecule has 0 aliphatic carbocycles. The van der Waals surface area contributed by atoms with Crippen molar-refractivity contribution in [1.82, 2.24) is 20.0 Å². The minimum atomic E-state index is 0. The number of para-hydroxylation sites is 1. The monoisotopic (exact) mass is 455 g/mol. The summed E-state index contributed by atoms with van der Waals surface area (Å²) in [5.41, 5.74) is 4.49. The van der Waals surface area contributed by atoms with E-state index in [0.29, 0.717) is 0 Å². The molecule has 138 valence electrons. The van der Waals surface area contributed by atoms with E-state index in [0.717, 1.165) is 36.1 Å². The molecule has 1 N–H and O–H groups in total. The van der Waals surface area contributed by atoms with Crippen LogP contribution < -0.4 is 5.32 Å². The number of guanidine groups is 1. The molecule has 0 aliphatic heterocycles. The molecule has 0 radical (unpaired) electrons. The van der Waals surface area contributed by atoms with Gasteiger partial charge in [0.1, 0.15) is 0 Å². The van der Waals surface area contributed by atoms with Crippen molar-refractivity contribution in [1.29, 1.82) is 0 Å². The van der Waals surface area contributed by atoms with E-state index < -0.39 is 0 Å². The Morgan fingerprint density at radius 3 is 2.60 bits per heavy atom. The molecular formula is C19H30IN5. The van der Waals surface area contributed by atoms with E-state index in [1.165, 1.54) is 18.4 Å². The van der Waals surface area contributed by atoms with E-state index in [1.54, 1.807) is 0 Å². The highest BCUT2D eigenvalue weighted by molar-refractivity contribution is 14.0. The van der Waals surface area contributed by atoms with Crippen LogP contribution in [-0.4, -0.2) is 41.3 Å². The summed E-state index contributed by atoms with van der Waals surface area (Å²) in [6.07, 6.45) is 2.35. The Kier molecular flexibility index (Phi) is 8.96. The van der Waals surface area contributed by atoms with Crippen molar-refractivity contribution in [3.63, 3.8) is 0 Å². The maximum Gasteiger partial charge on any atom is 0.193 e. The van der Waals surface area contributed by atoms with Gasteiger partial charge in [-0.05, 0) is 38.0 Å². The van der Waals surface area contributed by atoms with Gasteiger partial charge in [-0.15, -0.1) is 24.0 Å². The summed E-state index contributed by atoms with van der Waals surface area (Å²) >= 11 is 0. The number of rotatable bonds is 6. The largest absolute Gasteiger partial charge is 0.352 e. The lowest BCUT2D eigenvalue weighted by Gasteiger charge is -2.22. The number of aromatic nitrogens is 2. The fourth-order valence-electron chi connectivity index (χ4n) is 2.80. The van der Waals surface area contributed by atoms with E-state index in [9.17, 15) is 0 Å². The molecular weight excluding hydrogens is 425 g/mol. The molecule has 0 saturated heterocycles. The Labute approximate surface area is 168 Å². The number of benzene rings is 1. The lowest BCUT2D eigenvalue weighted by atomic mass is 10.1. The molecule has 5 nitrogen and oxygen atoms in total. The molecule has 0 aliphatic rings. The molecule has 2 aromatic rings. The first-order chi connectivity index (χ1) is 11.6. The molecule has 0 spiro atoms. The van der Waals surface area contributed by atoms with Crippen molar-refractivity contribution in [3.05, 3.63) is 47.3 Å². The highest BCUT2D eigenvalue weighted by Crippen LogP contribution is 2.17. The lowest BCUT2D eigenvalue weighted by Crippen LogP contribution is -2.39. The molecule has 0 amide bonds. The first kappa shape index (κ1) is 21.5. The number of aliphatic imine (C=N–C) groups is 1. The van der Waals surface area contributed by atoms with Gasteiger partial charge in [0, 0.05) is 32.9 Å². The number of nitrogens with one attached hydrogen (secondary N) is 1. The second-order valence-electron chi connectivity index (χ2n) is 6.14. The second-order valence-corrected chi connectivity index (χ2v) is 6.14. The zero-order chi connectivity index (χ0) is 17.5. The first-order valence-corrected chi connectivity index (χ1v) is 8.60. The van der Waals surface area contributed by atoms with Crippen molar-refractivity contribution in [2.45, 2.75) is 40.2 Å². The van der Waals surface area contributed by atoms with Crippen LogP contribution in [0.15, 0.2) is 35.3 Å². The molecule has 0 saturated carbocycles. The predicted octanol–water partition coefficient (Wildman–Crippen LogP) is 3.91. The van der Waals surface area contributed by atoms with Crippen LogP contribution in [0.1, 0.15) is 36.7 Å². The summed E-state index contributed by atoms with van der Waals surface area (Å²) in [6.45, 7) is 8.04. The van der Waals surface area contributed by atoms with Gasteiger partial charge in [-0.2, -0.15) is 5.10 Å². The summed E-state index contributed by atoms with van der Waals surface area (Å²) in [5.74, 6) is 0.923. The summed E-state index contributed by atoms with van der Waals surface area (Å²) in [6, 6.07) is 10.5. The van der Waals surface area contributed by atoms with Gasteiger partial charge in [0.2, 0.25) is 0 Å². The number of hydrogen-bond acceptors (Lipinski definition) is 2. The highest BCUT2D eigenvalue weighted by Gasteiger charge is 2.10. The highest BCUT2D eigenvalue weighted by atomic mass is 127. The van der Waals surface area contributed by atoms with Crippen molar-refractivity contribution in [2.75, 3.05) is 20.6 Å². The van der Waals surface area contributed by atoms with Gasteiger partial charge in [0.15, 0.2) is 5.96 Å². The van der Waals surface area contributed by atoms with E-state index in [-0.39, 0.29) is 24.0 Å². The quantitative estimate of drug-likeness (QED) is 0.408. The Hall–Kier alpha value is -1.57. The van der Waals surface area contributed by atoms with Gasteiger partial charge >= 0.3 is 0 Å². The third-order valence-corrected chi connectivity index (χ3v) is 4.09. The Bertz CT molecular complexity index is 693. The molecule has 1 aromatic carbocycles. The number of aryl methyl sites for hydroxylation is 2. The van der Waals surface area contributed by atoms with Gasteiger partial charge in [-0.1, -0.05) is 31.5 Å². The second kappa shape index (κ2) is 10.4. The van der Waals surface area contributed by atoms with E-state index >= 15 is 0 Å². The summed E-state index contributed by atoms with van der Waals surface area (Å²) < 4.78 is 2.01. The average molecular weight is 455 g/mol. The maximum absolute atomic E-state index is 4.61. The Balaban J connectivity index is 0.00000312. The van der Waals surface area contributed by atoms with Crippen LogP contribution in [0.5, 0.6) is 0 Å². The molecule has 1 heterocycles. The van der Waals surface area contributed by atoms with E-state index in [1.807, 2.05) is 18.7 Å². The van der Waals surface area contributed by atoms with Crippen LogP contribution in [0.3, 0.4) is 0 Å². The normalized spacial score (nSPS) is 11.2. The van der Waals surface area contributed by atoms with E-state index in [2.05, 4.69) is 71.5 Å². The Morgan fingerprint density at radius 1 is 1.28 bits per heavy atom. The first-order valence-electron chi connectivity index (χ1n) is 8.60. The zero-order valence-corrected chi connectivity index (χ0v) is 18.2. The standard InChI is InChI=1S/C19H29N5.HI/c1-6-7-12-23(5)19(20-4)21-14-17-10-8-9-11-18(17)24-16(3)13-15(2)22-24;/h8-11,13H,6-7,12,14H2,1-5H3,(H,20,21);1H. The number of hydrogen-bond donors (Lipinski definition) is 1. The molecule has 25 heavy (non-hydrogen) atoms. The van der Waals surface area contributed by atoms with Crippen molar-refractivity contribution in [3.8, 4) is 5.69 Å². The topological polar surface area (TPSA) is 45.5 Å². The number of halogens is 1. The van der Waals surface area contributed by atoms with Gasteiger partial charge in [0.05, 0.1) is 11.4 Å². The smallest absolute Gasteiger partial charge is 0.193 e. The Morgan fingerprint density at radius 2 is 2.00 bits per heavy atom. The SMILES string of the molecule is CCCCN(C)C(=NC)NCc1ccccc1-n1nc(C)cc1C.I. The molecule has 0 unspecified atom stereocenters. The summed E-state index contributed by atoms with van der Waals surface area (Å²) in [7, 11) is 3.91. The molecule has 6 heteroatoms. The fraction of sp³-hybridized carbons (Fsp3) is 0.474. The van der Waals surface area contributed by atoms with Crippen molar-refractivity contribution in [2.24, 2.45) is 4.99 Å². The van der Waals surface area contributed by atoms with Crippen molar-refractivity contribution < 1.29 is 0 Å². The molecule has 0 fully saturated rings. The fourth-order valence-corrected chi connectivity index (χ4v) is 2.80. The van der Waals surface area contributed by atoms with Crippen LogP contribution in [0, 0.1) is 13.8 Å². The molecule has 2 rings (SSSR count). The number of nitrogens with zero attached hydrogens (tertiary/aromatic N) is 4. The van der Waals surface area contributed by atoms with Crippen LogP contribution in [0.4, 0.5) is 0 Å². The average Bonchev–Trinajstić information content (AvgIpc) is 2.92. The van der Waals surface area contributed by atoms with Crippen LogP contribution in [-0.2, 0) is 6.54 Å². The van der Waals surface area contributed by atoms with Crippen LogP contribution in [0.25, 0.3) is 5.69 Å². The van der Waals surface area contributed by atoms with Gasteiger partial charge in [0.25, 0.3) is 0 Å². The minimum Gasteiger partial charge on any atom is -0.352 e. The van der Waals surface area contributed by atoms with Crippen molar-refractivity contribution >= 4 is 29.9 Å². The molecule has 0 bridgehead atoms. The molecule has 1 aromatic heterocycles. The van der Waals surface area contributed by atoms with Crippen LogP contribution >= 0.6 is 24.0 Å². The van der Waals surface area contributed by atoms with E-state index in [4.69, 9.17) is 0 Å². The lowest BCUT2D eigenvalue weighted by molar-refractivity contribution is 0.464. The minimum absolute atomic E-state index is 0. The summed E-state index contributed by atoms with van der Waals surface area (Å²) in [5, 5.41) is 8.08.